The van der Waals surface area contributed by atoms with Gasteiger partial charge in [0, 0.05) is 17.0 Å². The quantitative estimate of drug-likeness (QED) is 0.287. The molecular formula is C23H20FN3O2S. The molecule has 152 valence electrons. The van der Waals surface area contributed by atoms with Crippen molar-refractivity contribution in [3.63, 3.8) is 0 Å². The van der Waals surface area contributed by atoms with Gasteiger partial charge in [-0.3, -0.25) is 14.2 Å². The van der Waals surface area contributed by atoms with Crippen molar-refractivity contribution in [1.82, 2.24) is 14.5 Å². The Balaban J connectivity index is 1.79. The van der Waals surface area contributed by atoms with E-state index in [1.807, 2.05) is 19.9 Å². The summed E-state index contributed by atoms with van der Waals surface area (Å²) in [5, 5.41) is 0.784. The molecule has 0 unspecified atom stereocenters. The highest BCUT2D eigenvalue weighted by atomic mass is 32.2. The van der Waals surface area contributed by atoms with Gasteiger partial charge in [0.25, 0.3) is 5.56 Å². The van der Waals surface area contributed by atoms with Crippen molar-refractivity contribution in [2.24, 2.45) is 0 Å². The topological polar surface area (TPSA) is 67.8 Å². The summed E-state index contributed by atoms with van der Waals surface area (Å²) in [5.74, 6) is -0.360. The van der Waals surface area contributed by atoms with E-state index in [2.05, 4.69) is 9.97 Å². The fourth-order valence-electron chi connectivity index (χ4n) is 3.38. The van der Waals surface area contributed by atoms with Crippen molar-refractivity contribution in [2.75, 3.05) is 5.75 Å². The molecular weight excluding hydrogens is 401 g/mol. The molecule has 1 N–H and O–H groups in total. The van der Waals surface area contributed by atoms with Crippen LogP contribution in [-0.2, 0) is 0 Å². The first kappa shape index (κ1) is 20.1. The number of aromatic nitrogens is 3. The van der Waals surface area contributed by atoms with E-state index in [0.717, 1.165) is 11.4 Å². The molecule has 2 aromatic carbocycles. The Morgan fingerprint density at radius 1 is 1.13 bits per heavy atom. The Labute approximate surface area is 177 Å². The molecule has 0 atom stereocenters. The lowest BCUT2D eigenvalue weighted by Crippen LogP contribution is -2.22. The number of Topliss-reactive ketones (excluding diaryl/α,β-unsaturated/α-hetero) is 1. The van der Waals surface area contributed by atoms with Crippen LogP contribution in [-0.4, -0.2) is 26.1 Å². The lowest BCUT2D eigenvalue weighted by molar-refractivity contribution is 0.102. The zero-order valence-corrected chi connectivity index (χ0v) is 17.6. The van der Waals surface area contributed by atoms with Crippen LogP contribution in [0.2, 0.25) is 0 Å². The highest BCUT2D eigenvalue weighted by molar-refractivity contribution is 7.99. The van der Waals surface area contributed by atoms with Crippen LogP contribution in [0.3, 0.4) is 0 Å². The largest absolute Gasteiger partial charge is 0.362 e. The van der Waals surface area contributed by atoms with E-state index in [4.69, 9.17) is 0 Å². The summed E-state index contributed by atoms with van der Waals surface area (Å²) in [6.45, 7) is 5.41. The predicted molar refractivity (Wildman–Crippen MR) is 117 cm³/mol. The Hall–Kier alpha value is -3.19. The zero-order valence-electron chi connectivity index (χ0n) is 16.8. The minimum absolute atomic E-state index is 0.0640. The number of hydrogen-bond acceptors (Lipinski definition) is 4. The number of ketones is 1. The zero-order chi connectivity index (χ0) is 21.4. The highest BCUT2D eigenvalue weighted by Gasteiger charge is 2.17. The Morgan fingerprint density at radius 2 is 1.90 bits per heavy atom. The van der Waals surface area contributed by atoms with Crippen molar-refractivity contribution in [1.29, 1.82) is 0 Å². The summed E-state index contributed by atoms with van der Waals surface area (Å²) >= 11 is 1.17. The van der Waals surface area contributed by atoms with Gasteiger partial charge < -0.3 is 4.98 Å². The average Bonchev–Trinajstić information content (AvgIpc) is 3.06. The van der Waals surface area contributed by atoms with Gasteiger partial charge in [-0.1, -0.05) is 30.0 Å². The summed E-state index contributed by atoms with van der Waals surface area (Å²) < 4.78 is 15.6. The molecule has 0 aliphatic rings. The number of nitrogens with one attached hydrogen (secondary N) is 1. The molecule has 0 amide bonds. The maximum absolute atomic E-state index is 14.2. The second-order valence-electron chi connectivity index (χ2n) is 7.19. The third-order valence-corrected chi connectivity index (χ3v) is 5.88. The molecule has 0 aliphatic heterocycles. The standard InChI is InChI=1S/C23H20FN3O2S/c1-13-8-9-16(11-19(13)24)27-22(29)17-6-4-5-7-20(17)26-23(27)30-12-21(28)18-10-14(2)25-15(18)3/h4-11,25H,12H2,1-3H3. The van der Waals surface area contributed by atoms with Gasteiger partial charge in [-0.25, -0.2) is 9.37 Å². The molecule has 4 rings (SSSR count). The van der Waals surface area contributed by atoms with Gasteiger partial charge in [0.05, 0.1) is 22.3 Å². The van der Waals surface area contributed by atoms with Crippen LogP contribution in [0.1, 0.15) is 27.3 Å². The molecule has 30 heavy (non-hydrogen) atoms. The van der Waals surface area contributed by atoms with Crippen molar-refractivity contribution >= 4 is 28.4 Å². The minimum atomic E-state index is -0.405. The van der Waals surface area contributed by atoms with Gasteiger partial charge in [0.15, 0.2) is 10.9 Å². The number of halogens is 1. The van der Waals surface area contributed by atoms with Crippen molar-refractivity contribution in [3.05, 3.63) is 87.2 Å². The van der Waals surface area contributed by atoms with Crippen LogP contribution in [0.5, 0.6) is 0 Å². The average molecular weight is 421 g/mol. The van der Waals surface area contributed by atoms with E-state index in [1.165, 1.54) is 22.4 Å². The normalized spacial score (nSPS) is 11.2. The molecule has 4 aromatic rings. The maximum Gasteiger partial charge on any atom is 0.266 e. The Bertz CT molecular complexity index is 1340. The van der Waals surface area contributed by atoms with E-state index in [9.17, 15) is 14.0 Å². The number of benzene rings is 2. The fourth-order valence-corrected chi connectivity index (χ4v) is 4.28. The van der Waals surface area contributed by atoms with Gasteiger partial charge in [0.1, 0.15) is 5.82 Å². The number of carbonyl (C=O) groups excluding carboxylic acids is 1. The van der Waals surface area contributed by atoms with Crippen LogP contribution < -0.4 is 5.56 Å². The number of rotatable bonds is 5. The van der Waals surface area contributed by atoms with Gasteiger partial charge in [0.2, 0.25) is 0 Å². The maximum atomic E-state index is 14.2. The van der Waals surface area contributed by atoms with Crippen LogP contribution >= 0.6 is 11.8 Å². The number of fused-ring (bicyclic) bond motifs is 1. The molecule has 2 aromatic heterocycles. The van der Waals surface area contributed by atoms with E-state index >= 15 is 0 Å². The summed E-state index contributed by atoms with van der Waals surface area (Å²) in [7, 11) is 0. The van der Waals surface area contributed by atoms with Gasteiger partial charge >= 0.3 is 0 Å². The van der Waals surface area contributed by atoms with Crippen LogP contribution in [0.15, 0.2) is 58.5 Å². The smallest absolute Gasteiger partial charge is 0.266 e. The SMILES string of the molecule is Cc1cc(C(=O)CSc2nc3ccccc3c(=O)n2-c2ccc(C)c(F)c2)c(C)[nH]1. The van der Waals surface area contributed by atoms with Crippen LogP contribution in [0, 0.1) is 26.6 Å². The molecule has 0 radical (unpaired) electrons. The first-order chi connectivity index (χ1) is 14.3. The second-order valence-corrected chi connectivity index (χ2v) is 8.13. The summed E-state index contributed by atoms with van der Waals surface area (Å²) in [6.07, 6.45) is 0. The molecule has 0 spiro atoms. The molecule has 0 fully saturated rings. The highest BCUT2D eigenvalue weighted by Crippen LogP contribution is 2.24. The van der Waals surface area contributed by atoms with Gasteiger partial charge in [-0.2, -0.15) is 0 Å². The number of hydrogen-bond donors (Lipinski definition) is 1. The minimum Gasteiger partial charge on any atom is -0.362 e. The van der Waals surface area contributed by atoms with E-state index in [1.54, 1.807) is 43.3 Å². The van der Waals surface area contributed by atoms with Crippen LogP contribution in [0.25, 0.3) is 16.6 Å². The monoisotopic (exact) mass is 421 g/mol. The van der Waals surface area contributed by atoms with Gasteiger partial charge in [-0.05, 0) is 56.7 Å². The molecule has 2 heterocycles. The fraction of sp³-hybridized carbons (Fsp3) is 0.174. The predicted octanol–water partition coefficient (Wildman–Crippen LogP) is 4.75. The number of nitrogens with zero attached hydrogens (tertiary/aromatic N) is 2. The lowest BCUT2D eigenvalue weighted by atomic mass is 10.2. The second kappa shape index (κ2) is 7.91. The van der Waals surface area contributed by atoms with E-state index in [0.29, 0.717) is 32.9 Å². The molecule has 0 saturated heterocycles. The summed E-state index contributed by atoms with van der Waals surface area (Å²) in [4.78, 5) is 33.7. The number of para-hydroxylation sites is 1. The first-order valence-corrected chi connectivity index (χ1v) is 10.4. The Morgan fingerprint density at radius 3 is 2.60 bits per heavy atom. The third-order valence-electron chi connectivity index (χ3n) is 4.94. The number of aryl methyl sites for hydroxylation is 3. The molecule has 0 bridgehead atoms. The number of carbonyl (C=O) groups is 1. The molecule has 7 heteroatoms. The number of thioether (sulfide) groups is 1. The summed E-state index contributed by atoms with van der Waals surface area (Å²) in [5.41, 5.74) is 3.45. The Kier molecular flexibility index (Phi) is 5.30. The van der Waals surface area contributed by atoms with Gasteiger partial charge in [-0.15, -0.1) is 0 Å². The van der Waals surface area contributed by atoms with Crippen LogP contribution in [0.4, 0.5) is 4.39 Å². The van der Waals surface area contributed by atoms with Crippen molar-refractivity contribution in [2.45, 2.75) is 25.9 Å². The lowest BCUT2D eigenvalue weighted by Gasteiger charge is -2.13. The summed E-state index contributed by atoms with van der Waals surface area (Å²) in [6, 6.07) is 13.4. The molecule has 5 nitrogen and oxygen atoms in total. The number of aromatic amines is 1. The van der Waals surface area contributed by atoms with E-state index in [-0.39, 0.29) is 17.1 Å². The molecule has 0 saturated carbocycles. The van der Waals surface area contributed by atoms with E-state index < -0.39 is 5.82 Å². The number of H-pyrrole nitrogens is 1. The van der Waals surface area contributed by atoms with Crippen molar-refractivity contribution < 1.29 is 9.18 Å². The first-order valence-electron chi connectivity index (χ1n) is 9.45. The third kappa shape index (κ3) is 3.68. The molecule has 0 aliphatic carbocycles. The van der Waals surface area contributed by atoms with Crippen molar-refractivity contribution in [3.8, 4) is 5.69 Å².